The number of amides is 2. The third kappa shape index (κ3) is 3.33. The highest BCUT2D eigenvalue weighted by atomic mass is 32.2. The van der Waals surface area contributed by atoms with Crippen LogP contribution in [0.5, 0.6) is 0 Å². The molecule has 10 heteroatoms. The van der Waals surface area contributed by atoms with Crippen molar-refractivity contribution >= 4 is 27.8 Å². The second-order valence-corrected chi connectivity index (χ2v) is 8.95. The van der Waals surface area contributed by atoms with Crippen LogP contribution in [0, 0.1) is 5.92 Å². The molecule has 0 aromatic carbocycles. The van der Waals surface area contributed by atoms with Crippen LogP contribution in [-0.2, 0) is 24.2 Å². The van der Waals surface area contributed by atoms with Crippen LogP contribution in [0.3, 0.4) is 0 Å². The molecule has 24 heavy (non-hydrogen) atoms. The van der Waals surface area contributed by atoms with Crippen molar-refractivity contribution < 1.29 is 32.6 Å². The number of hydrogen-bond acceptors (Lipinski definition) is 6. The predicted octanol–water partition coefficient (Wildman–Crippen LogP) is -0.681. The smallest absolute Gasteiger partial charge is 0.411 e. The van der Waals surface area contributed by atoms with E-state index in [2.05, 4.69) is 0 Å². The van der Waals surface area contributed by atoms with Gasteiger partial charge in [0, 0.05) is 25.9 Å². The zero-order valence-corrected chi connectivity index (χ0v) is 14.0. The van der Waals surface area contributed by atoms with Crippen LogP contribution in [0.15, 0.2) is 0 Å². The fourth-order valence-electron chi connectivity index (χ4n) is 3.62. The maximum absolute atomic E-state index is 12.4. The Hall–Kier alpha value is -1.84. The van der Waals surface area contributed by atoms with Gasteiger partial charge >= 0.3 is 12.1 Å². The standard InChI is InChI=1S/C14H20N2O7S/c17-11(18)7-16-9-14(23-13(16)20)2-4-15(5-3-14)12(19)10-1-6-24(21,22)8-10/h10H,1-9H2,(H,17,18). The first kappa shape index (κ1) is 17.0. The molecule has 9 nitrogen and oxygen atoms in total. The van der Waals surface area contributed by atoms with E-state index in [1.165, 1.54) is 0 Å². The van der Waals surface area contributed by atoms with E-state index in [1.807, 2.05) is 0 Å². The van der Waals surface area contributed by atoms with E-state index >= 15 is 0 Å². The quantitative estimate of drug-likeness (QED) is 0.707. The van der Waals surface area contributed by atoms with Gasteiger partial charge in [-0.2, -0.15) is 0 Å². The molecule has 1 N–H and O–H groups in total. The predicted molar refractivity (Wildman–Crippen MR) is 81.0 cm³/mol. The molecule has 3 aliphatic heterocycles. The minimum Gasteiger partial charge on any atom is -0.480 e. The fraction of sp³-hybridized carbons (Fsp3) is 0.786. The number of aliphatic carboxylic acids is 1. The number of carboxylic acids is 1. The summed E-state index contributed by atoms with van der Waals surface area (Å²) in [4.78, 5) is 37.8. The molecule has 3 saturated heterocycles. The SMILES string of the molecule is O=C(O)CN1CC2(CCN(C(=O)C3CCS(=O)(=O)C3)CC2)OC1=O. The average molecular weight is 360 g/mol. The van der Waals surface area contributed by atoms with Crippen molar-refractivity contribution in [1.82, 2.24) is 9.80 Å². The molecule has 0 bridgehead atoms. The number of sulfone groups is 1. The first-order valence-corrected chi connectivity index (χ1v) is 9.71. The maximum atomic E-state index is 12.4. The number of piperidine rings is 1. The number of carboxylic acid groups (broad SMARTS) is 1. The zero-order chi connectivity index (χ0) is 17.5. The Morgan fingerprint density at radius 1 is 1.29 bits per heavy atom. The van der Waals surface area contributed by atoms with Crippen LogP contribution >= 0.6 is 0 Å². The maximum Gasteiger partial charge on any atom is 0.411 e. The first-order chi connectivity index (χ1) is 11.2. The first-order valence-electron chi connectivity index (χ1n) is 7.89. The van der Waals surface area contributed by atoms with Crippen molar-refractivity contribution in [3.63, 3.8) is 0 Å². The van der Waals surface area contributed by atoms with E-state index < -0.39 is 40.0 Å². The van der Waals surface area contributed by atoms with E-state index in [0.29, 0.717) is 32.4 Å². The molecule has 0 saturated carbocycles. The minimum atomic E-state index is -3.11. The Bertz CT molecular complexity index is 667. The summed E-state index contributed by atoms with van der Waals surface area (Å²) in [6.45, 7) is 0.564. The van der Waals surface area contributed by atoms with Crippen LogP contribution in [0.2, 0.25) is 0 Å². The molecule has 134 valence electrons. The summed E-state index contributed by atoms with van der Waals surface area (Å²) in [5, 5.41) is 8.81. The molecular weight excluding hydrogens is 340 g/mol. The summed E-state index contributed by atoms with van der Waals surface area (Å²) < 4.78 is 28.4. The van der Waals surface area contributed by atoms with Crippen LogP contribution in [0.4, 0.5) is 4.79 Å². The Morgan fingerprint density at radius 3 is 2.50 bits per heavy atom. The van der Waals surface area contributed by atoms with Crippen molar-refractivity contribution in [3.8, 4) is 0 Å². The van der Waals surface area contributed by atoms with Crippen molar-refractivity contribution in [2.75, 3.05) is 37.7 Å². The second kappa shape index (κ2) is 5.91. The highest BCUT2D eigenvalue weighted by Crippen LogP contribution is 2.34. The number of carbonyl (C=O) groups is 3. The van der Waals surface area contributed by atoms with Gasteiger partial charge in [-0.15, -0.1) is 0 Å². The van der Waals surface area contributed by atoms with Gasteiger partial charge in [0.25, 0.3) is 0 Å². The summed E-state index contributed by atoms with van der Waals surface area (Å²) in [5.41, 5.74) is -0.745. The van der Waals surface area contributed by atoms with Crippen molar-refractivity contribution in [2.24, 2.45) is 5.92 Å². The normalized spacial score (nSPS) is 28.2. The highest BCUT2D eigenvalue weighted by Gasteiger charge is 2.48. The van der Waals surface area contributed by atoms with Gasteiger partial charge < -0.3 is 14.7 Å². The van der Waals surface area contributed by atoms with Gasteiger partial charge in [-0.05, 0) is 6.42 Å². The van der Waals surface area contributed by atoms with Gasteiger partial charge in [0.2, 0.25) is 5.91 Å². The molecule has 3 rings (SSSR count). The summed E-state index contributed by atoms with van der Waals surface area (Å²) in [6.07, 6.45) is 0.587. The molecule has 0 radical (unpaired) electrons. The molecule has 0 aromatic heterocycles. The molecule has 1 unspecified atom stereocenters. The summed E-state index contributed by atoms with van der Waals surface area (Å²) in [6, 6.07) is 0. The minimum absolute atomic E-state index is 0.0585. The monoisotopic (exact) mass is 360 g/mol. The van der Waals surface area contributed by atoms with Crippen LogP contribution in [0.1, 0.15) is 19.3 Å². The third-order valence-corrected chi connectivity index (χ3v) is 6.70. The Kier molecular flexibility index (Phi) is 4.18. The van der Waals surface area contributed by atoms with E-state index in [9.17, 15) is 22.8 Å². The third-order valence-electron chi connectivity index (χ3n) is 4.94. The molecule has 3 fully saturated rings. The molecule has 3 aliphatic rings. The van der Waals surface area contributed by atoms with Crippen molar-refractivity contribution in [3.05, 3.63) is 0 Å². The second-order valence-electron chi connectivity index (χ2n) is 6.73. The van der Waals surface area contributed by atoms with Crippen molar-refractivity contribution in [1.29, 1.82) is 0 Å². The van der Waals surface area contributed by atoms with Gasteiger partial charge in [0.1, 0.15) is 12.1 Å². The lowest BCUT2D eigenvalue weighted by atomic mass is 9.90. The van der Waals surface area contributed by atoms with Gasteiger partial charge in [0.05, 0.1) is 24.0 Å². The van der Waals surface area contributed by atoms with Gasteiger partial charge in [-0.1, -0.05) is 0 Å². The van der Waals surface area contributed by atoms with Crippen molar-refractivity contribution in [2.45, 2.75) is 24.9 Å². The van der Waals surface area contributed by atoms with E-state index in [1.54, 1.807) is 4.90 Å². The topological polar surface area (TPSA) is 121 Å². The molecule has 1 atom stereocenters. The van der Waals surface area contributed by atoms with Gasteiger partial charge in [0.15, 0.2) is 9.84 Å². The number of nitrogens with zero attached hydrogens (tertiary/aromatic N) is 2. The number of carbonyl (C=O) groups excluding carboxylic acids is 2. The summed E-state index contributed by atoms with van der Waals surface area (Å²) >= 11 is 0. The number of ether oxygens (including phenoxy) is 1. The van der Waals surface area contributed by atoms with E-state index in [4.69, 9.17) is 9.84 Å². The molecule has 3 heterocycles. The van der Waals surface area contributed by atoms with Crippen LogP contribution in [-0.4, -0.2) is 84.6 Å². The summed E-state index contributed by atoms with van der Waals surface area (Å²) in [7, 11) is -3.11. The Labute approximate surface area is 139 Å². The number of likely N-dealkylation sites (tertiary alicyclic amines) is 1. The molecule has 1 spiro atoms. The molecule has 0 aromatic rings. The molecule has 0 aliphatic carbocycles. The Morgan fingerprint density at radius 2 is 1.96 bits per heavy atom. The number of hydrogen-bond donors (Lipinski definition) is 1. The zero-order valence-electron chi connectivity index (χ0n) is 13.1. The van der Waals surface area contributed by atoms with Crippen LogP contribution < -0.4 is 0 Å². The fourth-order valence-corrected chi connectivity index (χ4v) is 5.35. The van der Waals surface area contributed by atoms with E-state index in [-0.39, 0.29) is 24.0 Å². The number of rotatable bonds is 3. The lowest BCUT2D eigenvalue weighted by Crippen LogP contribution is -2.50. The van der Waals surface area contributed by atoms with Gasteiger partial charge in [-0.25, -0.2) is 13.2 Å². The molecule has 2 amide bonds. The van der Waals surface area contributed by atoms with E-state index in [0.717, 1.165) is 4.90 Å². The summed E-state index contributed by atoms with van der Waals surface area (Å²) in [5.74, 6) is -1.76. The van der Waals surface area contributed by atoms with Gasteiger partial charge in [-0.3, -0.25) is 14.5 Å². The lowest BCUT2D eigenvalue weighted by Gasteiger charge is -2.38. The highest BCUT2D eigenvalue weighted by molar-refractivity contribution is 7.91. The molecular formula is C14H20N2O7S. The average Bonchev–Trinajstić information content (AvgIpc) is 2.99. The van der Waals surface area contributed by atoms with Crippen LogP contribution in [0.25, 0.3) is 0 Å². The Balaban J connectivity index is 1.57. The largest absolute Gasteiger partial charge is 0.480 e. The lowest BCUT2D eigenvalue weighted by molar-refractivity contribution is -0.138.